The molecule has 1 amide bonds. The van der Waals surface area contributed by atoms with E-state index in [1.165, 1.54) is 11.1 Å². The van der Waals surface area contributed by atoms with Crippen LogP contribution in [0.5, 0.6) is 0 Å². The van der Waals surface area contributed by atoms with E-state index >= 15 is 0 Å². The van der Waals surface area contributed by atoms with Crippen LogP contribution in [0.2, 0.25) is 0 Å². The molecule has 8 nitrogen and oxygen atoms in total. The molecule has 9 heteroatoms. The summed E-state index contributed by atoms with van der Waals surface area (Å²) in [5, 5.41) is 10.6. The number of carbonyl (C=O) groups is 1. The molecule has 1 aliphatic heterocycles. The van der Waals surface area contributed by atoms with Crippen LogP contribution in [0.25, 0.3) is 11.0 Å². The summed E-state index contributed by atoms with van der Waals surface area (Å²) in [5.41, 5.74) is 2.09. The minimum Gasteiger partial charge on any atom is -0.330 e. The number of hydrogen-bond acceptors (Lipinski definition) is 6. The molecule has 1 saturated heterocycles. The number of carbonyl (C=O) groups excluding carboxylic acids is 1. The lowest BCUT2D eigenvalue weighted by Gasteiger charge is -2.31. The van der Waals surface area contributed by atoms with Gasteiger partial charge in [-0.2, -0.15) is 5.26 Å². The molecule has 2 aliphatic rings. The zero-order valence-electron chi connectivity index (χ0n) is 17.5. The summed E-state index contributed by atoms with van der Waals surface area (Å²) in [6.07, 6.45) is 10.8. The molecule has 0 bridgehead atoms. The van der Waals surface area contributed by atoms with Crippen LogP contribution in [0.1, 0.15) is 49.4 Å². The van der Waals surface area contributed by atoms with Crippen LogP contribution >= 0.6 is 0 Å². The summed E-state index contributed by atoms with van der Waals surface area (Å²) in [6.45, 7) is 1.23. The van der Waals surface area contributed by atoms with E-state index in [0.717, 1.165) is 49.9 Å². The molecular weight excluding hydrogens is 411 g/mol. The Balaban J connectivity index is 1.22. The van der Waals surface area contributed by atoms with Gasteiger partial charge in [-0.25, -0.2) is 14.4 Å². The first-order chi connectivity index (χ1) is 15.6. The summed E-state index contributed by atoms with van der Waals surface area (Å²) in [6, 6.07) is 4.58. The molecule has 2 aromatic heterocycles. The van der Waals surface area contributed by atoms with Crippen LogP contribution in [0.4, 0.5) is 4.39 Å². The number of hydrogen-bond donors (Lipinski definition) is 0. The fourth-order valence-electron chi connectivity index (χ4n) is 4.80. The third-order valence-electron chi connectivity index (χ3n) is 6.53. The van der Waals surface area contributed by atoms with E-state index in [1.807, 2.05) is 10.6 Å². The average Bonchev–Trinajstić information content (AvgIpc) is 3.46. The lowest BCUT2D eigenvalue weighted by Crippen LogP contribution is -2.37. The summed E-state index contributed by atoms with van der Waals surface area (Å²) >= 11 is 0. The van der Waals surface area contributed by atoms with Crippen molar-refractivity contribution in [3.8, 4) is 6.07 Å². The van der Waals surface area contributed by atoms with Crippen LogP contribution in [0.3, 0.4) is 0 Å². The molecule has 1 atom stereocenters. The maximum Gasteiger partial charge on any atom is 0.249 e. The van der Waals surface area contributed by atoms with Crippen molar-refractivity contribution in [2.24, 2.45) is 11.8 Å². The quantitative estimate of drug-likeness (QED) is 0.623. The van der Waals surface area contributed by atoms with E-state index in [2.05, 4.69) is 15.0 Å². The summed E-state index contributed by atoms with van der Waals surface area (Å²) in [4.78, 5) is 31.6. The van der Waals surface area contributed by atoms with Crippen molar-refractivity contribution in [2.45, 2.75) is 44.7 Å². The van der Waals surface area contributed by atoms with Crippen LogP contribution in [0.15, 0.2) is 37.1 Å². The molecule has 1 aromatic carbocycles. The Morgan fingerprint density at radius 3 is 2.78 bits per heavy atom. The topological polar surface area (TPSA) is 96.9 Å². The molecule has 2 fully saturated rings. The second-order valence-corrected chi connectivity index (χ2v) is 8.48. The fraction of sp³-hybridized carbons (Fsp3) is 0.435. The second kappa shape index (κ2) is 8.63. The third-order valence-corrected chi connectivity index (χ3v) is 6.53. The summed E-state index contributed by atoms with van der Waals surface area (Å²) < 4.78 is 15.8. The Labute approximate surface area is 184 Å². The number of halogens is 1. The molecule has 0 radical (unpaired) electrons. The van der Waals surface area contributed by atoms with Crippen LogP contribution < -0.4 is 0 Å². The largest absolute Gasteiger partial charge is 0.330 e. The van der Waals surface area contributed by atoms with Crippen LogP contribution in [0, 0.1) is 29.0 Å². The number of imidazole rings is 1. The van der Waals surface area contributed by atoms with Gasteiger partial charge >= 0.3 is 0 Å². The Morgan fingerprint density at radius 2 is 2.03 bits per heavy atom. The summed E-state index contributed by atoms with van der Waals surface area (Å²) in [7, 11) is 0. The first-order valence-corrected chi connectivity index (χ1v) is 10.9. The third kappa shape index (κ3) is 3.82. The Morgan fingerprint density at radius 1 is 1.19 bits per heavy atom. The van der Waals surface area contributed by atoms with Gasteiger partial charge in [0.25, 0.3) is 0 Å². The number of hydroxylamine groups is 2. The van der Waals surface area contributed by atoms with Crippen molar-refractivity contribution in [3.05, 3.63) is 54.1 Å². The Hall–Kier alpha value is -3.38. The number of aromatic nitrogens is 4. The van der Waals surface area contributed by atoms with E-state index in [1.54, 1.807) is 31.0 Å². The zero-order valence-corrected chi connectivity index (χ0v) is 17.5. The van der Waals surface area contributed by atoms with Gasteiger partial charge < -0.3 is 4.57 Å². The number of rotatable bonds is 4. The second-order valence-electron chi connectivity index (χ2n) is 8.48. The Kier molecular flexibility index (Phi) is 5.53. The monoisotopic (exact) mass is 434 g/mol. The van der Waals surface area contributed by atoms with Gasteiger partial charge in [-0.3, -0.25) is 19.6 Å². The zero-order chi connectivity index (χ0) is 22.1. The van der Waals surface area contributed by atoms with Gasteiger partial charge in [0, 0.05) is 37.3 Å². The van der Waals surface area contributed by atoms with Crippen LogP contribution in [-0.4, -0.2) is 37.1 Å². The fourth-order valence-corrected chi connectivity index (χ4v) is 4.80. The van der Waals surface area contributed by atoms with Gasteiger partial charge in [0.15, 0.2) is 0 Å². The van der Waals surface area contributed by atoms with E-state index in [0.29, 0.717) is 18.0 Å². The van der Waals surface area contributed by atoms with E-state index in [-0.39, 0.29) is 23.4 Å². The number of benzene rings is 1. The van der Waals surface area contributed by atoms with Crippen molar-refractivity contribution in [1.82, 2.24) is 24.6 Å². The highest BCUT2D eigenvalue weighted by Gasteiger charge is 2.38. The average molecular weight is 434 g/mol. The normalized spacial score (nSPS) is 23.4. The number of fused-ring (bicyclic) bond motifs is 1. The molecule has 1 saturated carbocycles. The maximum atomic E-state index is 13.8. The Bertz CT molecular complexity index is 1170. The maximum absolute atomic E-state index is 13.8. The standard InChI is InChI=1S/C23H23FN6O2/c24-18-10-19-22(9-17(18)11-25)29(14-28-19)13-15-1-3-16(4-2-15)23(31)30-21(5-8-32-30)20-12-26-6-7-27-20/h6-7,9-10,12,14-16,21H,1-5,8,13H2/t15?,16?,21-/m0/s1. The molecule has 0 unspecified atom stereocenters. The molecule has 32 heavy (non-hydrogen) atoms. The van der Waals surface area contributed by atoms with Gasteiger partial charge in [-0.05, 0) is 37.7 Å². The predicted octanol–water partition coefficient (Wildman–Crippen LogP) is 3.55. The molecule has 3 heterocycles. The highest BCUT2D eigenvalue weighted by molar-refractivity contribution is 5.79. The van der Waals surface area contributed by atoms with Gasteiger partial charge in [0.2, 0.25) is 5.91 Å². The first kappa shape index (κ1) is 20.5. The minimum absolute atomic E-state index is 0.0248. The SMILES string of the molecule is N#Cc1cc2c(cc1F)ncn2CC1CCC(C(=O)N2OCC[C@H]2c2cnccn2)CC1. The molecule has 0 spiro atoms. The van der Waals surface area contributed by atoms with E-state index in [4.69, 9.17) is 10.1 Å². The number of nitriles is 1. The number of nitrogens with zero attached hydrogens (tertiary/aromatic N) is 6. The van der Waals surface area contributed by atoms with Gasteiger partial charge in [0.1, 0.15) is 17.9 Å². The lowest BCUT2D eigenvalue weighted by molar-refractivity contribution is -0.183. The van der Waals surface area contributed by atoms with E-state index in [9.17, 15) is 9.18 Å². The van der Waals surface area contributed by atoms with Crippen molar-refractivity contribution >= 4 is 16.9 Å². The van der Waals surface area contributed by atoms with Gasteiger partial charge in [-0.1, -0.05) is 0 Å². The van der Waals surface area contributed by atoms with Crippen molar-refractivity contribution < 1.29 is 14.0 Å². The van der Waals surface area contributed by atoms with Crippen molar-refractivity contribution in [2.75, 3.05) is 6.61 Å². The van der Waals surface area contributed by atoms with Crippen molar-refractivity contribution in [3.63, 3.8) is 0 Å². The van der Waals surface area contributed by atoms with Gasteiger partial charge in [-0.15, -0.1) is 0 Å². The lowest BCUT2D eigenvalue weighted by atomic mass is 9.81. The highest BCUT2D eigenvalue weighted by Crippen LogP contribution is 2.36. The molecule has 164 valence electrons. The smallest absolute Gasteiger partial charge is 0.249 e. The molecule has 1 aliphatic carbocycles. The number of amides is 1. The van der Waals surface area contributed by atoms with Crippen LogP contribution in [-0.2, 0) is 16.2 Å². The van der Waals surface area contributed by atoms with Crippen molar-refractivity contribution in [1.29, 1.82) is 5.26 Å². The minimum atomic E-state index is -0.548. The predicted molar refractivity (Wildman–Crippen MR) is 112 cm³/mol. The van der Waals surface area contributed by atoms with Gasteiger partial charge in [0.05, 0.1) is 41.4 Å². The molecular formula is C23H23FN6O2. The summed E-state index contributed by atoms with van der Waals surface area (Å²) in [5.74, 6) is -0.198. The van der Waals surface area contributed by atoms with E-state index < -0.39 is 5.82 Å². The molecule has 3 aromatic rings. The molecule has 5 rings (SSSR count). The highest BCUT2D eigenvalue weighted by atomic mass is 19.1. The first-order valence-electron chi connectivity index (χ1n) is 10.9. The molecule has 0 N–H and O–H groups in total.